The molecule has 0 unspecified atom stereocenters. The van der Waals surface area contributed by atoms with E-state index in [1.807, 2.05) is 22.8 Å². The van der Waals surface area contributed by atoms with Crippen LogP contribution in [0.25, 0.3) is 0 Å². The highest BCUT2D eigenvalue weighted by Gasteiger charge is 2.06. The number of pyridine rings is 1. The molecule has 0 fully saturated rings. The summed E-state index contributed by atoms with van der Waals surface area (Å²) in [6.45, 7) is 0.584. The summed E-state index contributed by atoms with van der Waals surface area (Å²) in [7, 11) is 1.63. The van der Waals surface area contributed by atoms with Gasteiger partial charge in [0.05, 0.1) is 17.3 Å². The van der Waals surface area contributed by atoms with Gasteiger partial charge >= 0.3 is 0 Å². The maximum atomic E-state index is 11.5. The van der Waals surface area contributed by atoms with Crippen LogP contribution in [-0.4, -0.2) is 11.7 Å². The van der Waals surface area contributed by atoms with Gasteiger partial charge < -0.3 is 15.0 Å². The SMILES string of the molecule is COc1ccc(Br)c(Cn2cc(N)c(=O)c(Br)c2)c1. The molecule has 0 saturated carbocycles. The molecule has 2 aromatic rings. The standard InChI is InChI=1S/C13H12Br2N2O2/c1-19-9-2-3-10(14)8(4-9)5-17-6-11(15)13(18)12(16)7-17/h2-4,6-7H,5,16H2,1H3. The molecule has 1 heterocycles. The average Bonchev–Trinajstić information content (AvgIpc) is 2.38. The minimum Gasteiger partial charge on any atom is -0.497 e. The van der Waals surface area contributed by atoms with Crippen molar-refractivity contribution >= 4 is 37.5 Å². The summed E-state index contributed by atoms with van der Waals surface area (Å²) in [5, 5.41) is 0. The van der Waals surface area contributed by atoms with Crippen molar-refractivity contribution < 1.29 is 4.74 Å². The Morgan fingerprint density at radius 3 is 2.63 bits per heavy atom. The van der Waals surface area contributed by atoms with Gasteiger partial charge in [-0.25, -0.2) is 0 Å². The summed E-state index contributed by atoms with van der Waals surface area (Å²) in [6.07, 6.45) is 3.34. The van der Waals surface area contributed by atoms with E-state index in [2.05, 4.69) is 31.9 Å². The van der Waals surface area contributed by atoms with Crippen LogP contribution in [0.3, 0.4) is 0 Å². The van der Waals surface area contributed by atoms with Gasteiger partial charge in [-0.2, -0.15) is 0 Å². The highest BCUT2D eigenvalue weighted by Crippen LogP contribution is 2.23. The second-order valence-corrected chi connectivity index (χ2v) is 5.73. The fraction of sp³-hybridized carbons (Fsp3) is 0.154. The number of aromatic nitrogens is 1. The molecule has 0 radical (unpaired) electrons. The lowest BCUT2D eigenvalue weighted by atomic mass is 10.2. The first-order valence-corrected chi connectivity index (χ1v) is 7.07. The highest BCUT2D eigenvalue weighted by atomic mass is 79.9. The molecule has 0 aliphatic heterocycles. The number of hydrogen-bond acceptors (Lipinski definition) is 3. The molecule has 100 valence electrons. The lowest BCUT2D eigenvalue weighted by Gasteiger charge is -2.11. The Hall–Kier alpha value is -1.27. The Morgan fingerprint density at radius 1 is 1.26 bits per heavy atom. The number of nitrogens with zero attached hydrogens (tertiary/aromatic N) is 1. The zero-order chi connectivity index (χ0) is 14.0. The number of nitrogen functional groups attached to an aromatic ring is 1. The Labute approximate surface area is 127 Å². The zero-order valence-electron chi connectivity index (χ0n) is 10.2. The largest absolute Gasteiger partial charge is 0.497 e. The molecule has 1 aromatic carbocycles. The second kappa shape index (κ2) is 5.79. The smallest absolute Gasteiger partial charge is 0.218 e. The molecule has 0 bridgehead atoms. The summed E-state index contributed by atoms with van der Waals surface area (Å²) in [5.41, 5.74) is 6.73. The van der Waals surface area contributed by atoms with Crippen LogP contribution in [0.2, 0.25) is 0 Å². The molecule has 0 aliphatic rings. The van der Waals surface area contributed by atoms with Gasteiger partial charge in [-0.05, 0) is 39.7 Å². The fourth-order valence-electron chi connectivity index (χ4n) is 1.70. The molecule has 19 heavy (non-hydrogen) atoms. The maximum Gasteiger partial charge on any atom is 0.218 e. The van der Waals surface area contributed by atoms with Crippen LogP contribution in [0.5, 0.6) is 5.75 Å². The quantitative estimate of drug-likeness (QED) is 0.880. The van der Waals surface area contributed by atoms with Gasteiger partial charge in [-0.3, -0.25) is 4.79 Å². The predicted molar refractivity (Wildman–Crippen MR) is 82.6 cm³/mol. The first kappa shape index (κ1) is 14.1. The average molecular weight is 388 g/mol. The summed E-state index contributed by atoms with van der Waals surface area (Å²) in [6, 6.07) is 5.74. The van der Waals surface area contributed by atoms with E-state index in [1.165, 1.54) is 0 Å². The zero-order valence-corrected chi connectivity index (χ0v) is 13.4. The molecule has 0 spiro atoms. The minimum absolute atomic E-state index is 0.194. The lowest BCUT2D eigenvalue weighted by Crippen LogP contribution is -2.13. The number of rotatable bonds is 3. The molecule has 0 aliphatic carbocycles. The second-order valence-electron chi connectivity index (χ2n) is 4.02. The van der Waals surface area contributed by atoms with Crippen LogP contribution >= 0.6 is 31.9 Å². The molecule has 0 saturated heterocycles. The van der Waals surface area contributed by atoms with Crippen molar-refractivity contribution in [2.24, 2.45) is 0 Å². The van der Waals surface area contributed by atoms with Crippen molar-refractivity contribution in [3.8, 4) is 5.75 Å². The highest BCUT2D eigenvalue weighted by molar-refractivity contribution is 9.10. The monoisotopic (exact) mass is 386 g/mol. The Kier molecular flexibility index (Phi) is 4.31. The third-order valence-electron chi connectivity index (χ3n) is 2.67. The number of nitrogens with two attached hydrogens (primary N) is 1. The van der Waals surface area contributed by atoms with Gasteiger partial charge in [-0.1, -0.05) is 15.9 Å². The maximum absolute atomic E-state index is 11.5. The third kappa shape index (κ3) is 3.19. The molecule has 6 heteroatoms. The van der Waals surface area contributed by atoms with Gasteiger partial charge in [0.1, 0.15) is 5.75 Å². The number of hydrogen-bond donors (Lipinski definition) is 1. The first-order chi connectivity index (χ1) is 9.01. The Bertz CT molecular complexity index is 642. The molecule has 2 rings (SSSR count). The van der Waals surface area contributed by atoms with Gasteiger partial charge in [0.25, 0.3) is 0 Å². The van der Waals surface area contributed by atoms with Gasteiger partial charge in [0, 0.05) is 23.4 Å². The van der Waals surface area contributed by atoms with E-state index >= 15 is 0 Å². The minimum atomic E-state index is -0.194. The van der Waals surface area contributed by atoms with E-state index in [-0.39, 0.29) is 11.1 Å². The van der Waals surface area contributed by atoms with Crippen LogP contribution < -0.4 is 15.9 Å². The van der Waals surface area contributed by atoms with E-state index in [4.69, 9.17) is 10.5 Å². The van der Waals surface area contributed by atoms with E-state index < -0.39 is 0 Å². The van der Waals surface area contributed by atoms with E-state index in [9.17, 15) is 4.79 Å². The topological polar surface area (TPSA) is 57.2 Å². The summed E-state index contributed by atoms with van der Waals surface area (Å²) < 4.78 is 8.47. The summed E-state index contributed by atoms with van der Waals surface area (Å²) >= 11 is 6.70. The van der Waals surface area contributed by atoms with Gasteiger partial charge in [-0.15, -0.1) is 0 Å². The van der Waals surface area contributed by atoms with Crippen molar-refractivity contribution in [1.29, 1.82) is 0 Å². The van der Waals surface area contributed by atoms with Gasteiger partial charge in [0.15, 0.2) is 0 Å². The van der Waals surface area contributed by atoms with Crippen LogP contribution in [0.4, 0.5) is 5.69 Å². The Balaban J connectivity index is 2.38. The van der Waals surface area contributed by atoms with Gasteiger partial charge in [0.2, 0.25) is 5.43 Å². The van der Waals surface area contributed by atoms with E-state index in [0.717, 1.165) is 15.8 Å². The van der Waals surface area contributed by atoms with E-state index in [0.29, 0.717) is 11.0 Å². The summed E-state index contributed by atoms with van der Waals surface area (Å²) in [5.74, 6) is 0.784. The molecule has 0 amide bonds. The molecular formula is C13H12Br2N2O2. The molecule has 2 N–H and O–H groups in total. The number of halogens is 2. The van der Waals surface area contributed by atoms with Crippen LogP contribution in [0, 0.1) is 0 Å². The van der Waals surface area contributed by atoms with Crippen LogP contribution in [0.1, 0.15) is 5.56 Å². The number of benzene rings is 1. The van der Waals surface area contributed by atoms with Crippen molar-refractivity contribution in [1.82, 2.24) is 4.57 Å². The lowest BCUT2D eigenvalue weighted by molar-refractivity contribution is 0.414. The molecular weight excluding hydrogens is 376 g/mol. The van der Waals surface area contributed by atoms with Crippen LogP contribution in [-0.2, 0) is 6.54 Å². The predicted octanol–water partition coefficient (Wildman–Crippen LogP) is 3.01. The van der Waals surface area contributed by atoms with Crippen LogP contribution in [0.15, 0.2) is 44.3 Å². The molecule has 1 aromatic heterocycles. The third-order valence-corrected chi connectivity index (χ3v) is 4.01. The summed E-state index contributed by atoms with van der Waals surface area (Å²) in [4.78, 5) is 11.5. The number of ether oxygens (including phenoxy) is 1. The normalized spacial score (nSPS) is 10.5. The number of methoxy groups -OCH3 is 1. The van der Waals surface area contributed by atoms with E-state index in [1.54, 1.807) is 19.5 Å². The van der Waals surface area contributed by atoms with Crippen molar-refractivity contribution in [3.63, 3.8) is 0 Å². The van der Waals surface area contributed by atoms with Crippen molar-refractivity contribution in [2.75, 3.05) is 12.8 Å². The molecule has 0 atom stereocenters. The van der Waals surface area contributed by atoms with Crippen molar-refractivity contribution in [2.45, 2.75) is 6.54 Å². The number of anilines is 1. The fourth-order valence-corrected chi connectivity index (χ4v) is 2.57. The molecule has 4 nitrogen and oxygen atoms in total. The first-order valence-electron chi connectivity index (χ1n) is 5.48. The Morgan fingerprint density at radius 2 is 2.00 bits per heavy atom. The van der Waals surface area contributed by atoms with Crippen molar-refractivity contribution in [3.05, 3.63) is 55.3 Å².